The lowest BCUT2D eigenvalue weighted by molar-refractivity contribution is 0.147. The minimum Gasteiger partial charge on any atom is -0.507 e. The average Bonchev–Trinajstić information content (AvgIpc) is 2.88. The van der Waals surface area contributed by atoms with E-state index in [9.17, 15) is 10.2 Å². The third-order valence-corrected chi connectivity index (χ3v) is 2.98. The molecule has 0 amide bonds. The average molecular weight is 213 g/mol. The molecule has 0 atom stereocenters. The van der Waals surface area contributed by atoms with E-state index in [2.05, 4.69) is 0 Å². The van der Waals surface area contributed by atoms with Crippen LogP contribution in [0.25, 0.3) is 0 Å². The van der Waals surface area contributed by atoms with Crippen molar-refractivity contribution in [3.05, 3.63) is 28.3 Å². The zero-order valence-electron chi connectivity index (χ0n) is 8.05. The standard InChI is InChI=1S/C11H13ClO2/c1-2-7-5-8(12)6-9(10(7)13)11(14)3-4-11/h5-6,13-14H,2-4H2,1H3. The summed E-state index contributed by atoms with van der Waals surface area (Å²) in [5.41, 5.74) is 0.563. The predicted octanol–water partition coefficient (Wildman–Crippen LogP) is 2.59. The zero-order valence-corrected chi connectivity index (χ0v) is 8.80. The van der Waals surface area contributed by atoms with Gasteiger partial charge in [0.1, 0.15) is 5.75 Å². The van der Waals surface area contributed by atoms with E-state index in [1.165, 1.54) is 0 Å². The largest absolute Gasteiger partial charge is 0.507 e. The van der Waals surface area contributed by atoms with Crippen molar-refractivity contribution in [1.82, 2.24) is 0 Å². The third-order valence-electron chi connectivity index (χ3n) is 2.76. The Morgan fingerprint density at radius 1 is 1.43 bits per heavy atom. The molecule has 1 aliphatic rings. The highest BCUT2D eigenvalue weighted by atomic mass is 35.5. The number of rotatable bonds is 2. The molecule has 2 nitrogen and oxygen atoms in total. The Balaban J connectivity index is 2.54. The molecule has 0 bridgehead atoms. The van der Waals surface area contributed by atoms with E-state index in [1.807, 2.05) is 6.92 Å². The van der Waals surface area contributed by atoms with Crippen molar-refractivity contribution in [1.29, 1.82) is 0 Å². The molecule has 76 valence electrons. The number of phenolic OH excluding ortho intramolecular Hbond substituents is 1. The highest BCUT2D eigenvalue weighted by Crippen LogP contribution is 2.50. The van der Waals surface area contributed by atoms with Gasteiger partial charge in [-0.2, -0.15) is 0 Å². The summed E-state index contributed by atoms with van der Waals surface area (Å²) >= 11 is 5.91. The fraction of sp³-hybridized carbons (Fsp3) is 0.455. The van der Waals surface area contributed by atoms with E-state index in [0.717, 1.165) is 12.0 Å². The minimum absolute atomic E-state index is 0.205. The van der Waals surface area contributed by atoms with Crippen LogP contribution in [0.5, 0.6) is 5.75 Å². The Labute approximate surface area is 88.1 Å². The fourth-order valence-electron chi connectivity index (χ4n) is 1.67. The maximum Gasteiger partial charge on any atom is 0.124 e. The third kappa shape index (κ3) is 1.49. The van der Waals surface area contributed by atoms with Crippen molar-refractivity contribution in [3.63, 3.8) is 0 Å². The summed E-state index contributed by atoms with van der Waals surface area (Å²) in [4.78, 5) is 0. The molecule has 1 aliphatic carbocycles. The molecule has 0 aromatic heterocycles. The van der Waals surface area contributed by atoms with Crippen LogP contribution in [0.2, 0.25) is 5.02 Å². The smallest absolute Gasteiger partial charge is 0.124 e. The molecule has 1 fully saturated rings. The second kappa shape index (κ2) is 3.14. The zero-order chi connectivity index (χ0) is 10.3. The van der Waals surface area contributed by atoms with Gasteiger partial charge in [0.2, 0.25) is 0 Å². The summed E-state index contributed by atoms with van der Waals surface area (Å²) in [6.07, 6.45) is 2.14. The van der Waals surface area contributed by atoms with Gasteiger partial charge in [-0.25, -0.2) is 0 Å². The van der Waals surface area contributed by atoms with E-state index in [4.69, 9.17) is 11.6 Å². The number of aromatic hydroxyl groups is 1. The number of hydrogen-bond donors (Lipinski definition) is 2. The van der Waals surface area contributed by atoms with Gasteiger partial charge in [-0.15, -0.1) is 0 Å². The van der Waals surface area contributed by atoms with E-state index in [0.29, 0.717) is 23.4 Å². The van der Waals surface area contributed by atoms with Gasteiger partial charge in [-0.1, -0.05) is 18.5 Å². The molecule has 2 N–H and O–H groups in total. The minimum atomic E-state index is -0.821. The summed E-state index contributed by atoms with van der Waals surface area (Å²) in [6.45, 7) is 1.95. The second-order valence-electron chi connectivity index (χ2n) is 3.85. The summed E-state index contributed by atoms with van der Waals surface area (Å²) in [7, 11) is 0. The van der Waals surface area contributed by atoms with E-state index in [-0.39, 0.29) is 5.75 Å². The monoisotopic (exact) mass is 212 g/mol. The van der Waals surface area contributed by atoms with Gasteiger partial charge in [0.25, 0.3) is 0 Å². The van der Waals surface area contributed by atoms with Gasteiger partial charge in [0, 0.05) is 10.6 Å². The summed E-state index contributed by atoms with van der Waals surface area (Å²) < 4.78 is 0. The molecule has 1 aromatic carbocycles. The number of aryl methyl sites for hydroxylation is 1. The van der Waals surface area contributed by atoms with Crippen LogP contribution in [-0.4, -0.2) is 10.2 Å². The molecule has 1 saturated carbocycles. The lowest BCUT2D eigenvalue weighted by Gasteiger charge is -2.13. The Hall–Kier alpha value is -0.730. The van der Waals surface area contributed by atoms with Crippen LogP contribution < -0.4 is 0 Å². The Kier molecular flexibility index (Phi) is 2.20. The van der Waals surface area contributed by atoms with Gasteiger partial charge in [0.05, 0.1) is 5.60 Å². The molecule has 1 aromatic rings. The van der Waals surface area contributed by atoms with Crippen LogP contribution in [-0.2, 0) is 12.0 Å². The molecule has 14 heavy (non-hydrogen) atoms. The van der Waals surface area contributed by atoms with Crippen LogP contribution in [0.4, 0.5) is 0 Å². The van der Waals surface area contributed by atoms with E-state index in [1.54, 1.807) is 12.1 Å². The molecular formula is C11H13ClO2. The Morgan fingerprint density at radius 2 is 2.07 bits per heavy atom. The van der Waals surface area contributed by atoms with Crippen LogP contribution in [0, 0.1) is 0 Å². The number of halogens is 1. The van der Waals surface area contributed by atoms with Crippen LogP contribution in [0.15, 0.2) is 12.1 Å². The molecule has 0 heterocycles. The normalized spacial score (nSPS) is 18.2. The Morgan fingerprint density at radius 3 is 2.57 bits per heavy atom. The van der Waals surface area contributed by atoms with Crippen molar-refractivity contribution in [2.45, 2.75) is 31.8 Å². The number of benzene rings is 1. The van der Waals surface area contributed by atoms with Gasteiger partial charge < -0.3 is 10.2 Å². The lowest BCUT2D eigenvalue weighted by atomic mass is 10.0. The van der Waals surface area contributed by atoms with Crippen molar-refractivity contribution >= 4 is 11.6 Å². The quantitative estimate of drug-likeness (QED) is 0.791. The summed E-state index contributed by atoms with van der Waals surface area (Å²) in [5, 5.41) is 20.4. The number of phenols is 1. The second-order valence-corrected chi connectivity index (χ2v) is 4.28. The van der Waals surface area contributed by atoms with E-state index >= 15 is 0 Å². The molecule has 2 rings (SSSR count). The highest BCUT2D eigenvalue weighted by Gasteiger charge is 2.44. The summed E-state index contributed by atoms with van der Waals surface area (Å²) in [5.74, 6) is 0.205. The van der Waals surface area contributed by atoms with Gasteiger partial charge >= 0.3 is 0 Å². The van der Waals surface area contributed by atoms with Crippen molar-refractivity contribution < 1.29 is 10.2 Å². The molecule has 0 aliphatic heterocycles. The van der Waals surface area contributed by atoms with E-state index < -0.39 is 5.60 Å². The van der Waals surface area contributed by atoms with Crippen molar-refractivity contribution in [2.24, 2.45) is 0 Å². The molecule has 0 radical (unpaired) electrons. The number of aliphatic hydroxyl groups is 1. The van der Waals surface area contributed by atoms with Gasteiger partial charge in [-0.05, 0) is 37.0 Å². The number of hydrogen-bond acceptors (Lipinski definition) is 2. The van der Waals surface area contributed by atoms with Crippen LogP contribution >= 0.6 is 11.6 Å². The topological polar surface area (TPSA) is 40.5 Å². The maximum absolute atomic E-state index is 9.91. The van der Waals surface area contributed by atoms with Crippen molar-refractivity contribution in [2.75, 3.05) is 0 Å². The van der Waals surface area contributed by atoms with Crippen LogP contribution in [0.1, 0.15) is 30.9 Å². The maximum atomic E-state index is 9.91. The van der Waals surface area contributed by atoms with Crippen LogP contribution in [0.3, 0.4) is 0 Å². The molecule has 0 saturated heterocycles. The lowest BCUT2D eigenvalue weighted by Crippen LogP contribution is -2.05. The highest BCUT2D eigenvalue weighted by molar-refractivity contribution is 6.30. The molecular weight excluding hydrogens is 200 g/mol. The first-order valence-corrected chi connectivity index (χ1v) is 5.19. The summed E-state index contributed by atoms with van der Waals surface area (Å²) in [6, 6.07) is 3.40. The SMILES string of the molecule is CCc1cc(Cl)cc(C2(O)CC2)c1O. The molecule has 0 unspecified atom stereocenters. The molecule has 3 heteroatoms. The predicted molar refractivity (Wildman–Crippen MR) is 55.6 cm³/mol. The first kappa shape index (κ1) is 9.81. The van der Waals surface area contributed by atoms with Crippen molar-refractivity contribution in [3.8, 4) is 5.75 Å². The first-order valence-electron chi connectivity index (χ1n) is 4.81. The fourth-order valence-corrected chi connectivity index (χ4v) is 1.91. The first-order chi connectivity index (χ1) is 6.57. The Bertz CT molecular complexity index is 370. The molecule has 0 spiro atoms. The van der Waals surface area contributed by atoms with Gasteiger partial charge in [0.15, 0.2) is 0 Å². The van der Waals surface area contributed by atoms with Gasteiger partial charge in [-0.3, -0.25) is 0 Å².